The Morgan fingerprint density at radius 1 is 1.16 bits per heavy atom. The van der Waals surface area contributed by atoms with Crippen molar-refractivity contribution in [2.75, 3.05) is 19.6 Å². The standard InChI is InChI=1S/C22H24N6O3/c1-16-21(24-25-27(16)18-10-7-11-19(14-18)28(30)31)22(29)23-15-20(26-12-5-6-13-26)17-8-3-2-4-9-17/h2-4,7-11,14,20H,5-6,12-13,15H2,1H3,(H,23,29). The minimum atomic E-state index is -0.467. The Morgan fingerprint density at radius 2 is 1.90 bits per heavy atom. The molecule has 1 aliphatic heterocycles. The van der Waals surface area contributed by atoms with Gasteiger partial charge in [-0.25, -0.2) is 4.68 Å². The smallest absolute Gasteiger partial charge is 0.273 e. The van der Waals surface area contributed by atoms with Gasteiger partial charge in [0.2, 0.25) is 0 Å². The third-order valence-electron chi connectivity index (χ3n) is 5.62. The minimum Gasteiger partial charge on any atom is -0.349 e. The van der Waals surface area contributed by atoms with Crippen molar-refractivity contribution in [1.29, 1.82) is 0 Å². The van der Waals surface area contributed by atoms with E-state index in [1.807, 2.05) is 18.2 Å². The van der Waals surface area contributed by atoms with E-state index in [1.54, 1.807) is 19.1 Å². The molecule has 1 N–H and O–H groups in total. The summed E-state index contributed by atoms with van der Waals surface area (Å²) in [5.41, 5.74) is 2.34. The monoisotopic (exact) mass is 420 g/mol. The van der Waals surface area contributed by atoms with Crippen LogP contribution in [0, 0.1) is 17.0 Å². The lowest BCUT2D eigenvalue weighted by Crippen LogP contribution is -2.37. The molecular formula is C22H24N6O3. The molecule has 31 heavy (non-hydrogen) atoms. The molecule has 1 aliphatic rings. The normalized spacial score (nSPS) is 15.0. The summed E-state index contributed by atoms with van der Waals surface area (Å²) in [7, 11) is 0. The lowest BCUT2D eigenvalue weighted by molar-refractivity contribution is -0.384. The minimum absolute atomic E-state index is 0.0466. The zero-order valence-electron chi connectivity index (χ0n) is 17.3. The van der Waals surface area contributed by atoms with Crippen LogP contribution < -0.4 is 5.32 Å². The molecule has 0 saturated carbocycles. The van der Waals surface area contributed by atoms with Gasteiger partial charge in [-0.3, -0.25) is 19.8 Å². The van der Waals surface area contributed by atoms with Gasteiger partial charge in [-0.15, -0.1) is 5.10 Å². The van der Waals surface area contributed by atoms with Crippen molar-refractivity contribution < 1.29 is 9.72 Å². The highest BCUT2D eigenvalue weighted by Crippen LogP contribution is 2.24. The number of non-ortho nitro benzene ring substituents is 1. The molecule has 3 aromatic rings. The predicted octanol–water partition coefficient (Wildman–Crippen LogP) is 3.05. The fourth-order valence-corrected chi connectivity index (χ4v) is 3.98. The summed E-state index contributed by atoms with van der Waals surface area (Å²) in [5, 5.41) is 22.1. The quantitative estimate of drug-likeness (QED) is 0.465. The van der Waals surface area contributed by atoms with E-state index in [2.05, 4.69) is 32.7 Å². The molecule has 0 aliphatic carbocycles. The first-order chi connectivity index (χ1) is 15.0. The highest BCUT2D eigenvalue weighted by Gasteiger charge is 2.25. The van der Waals surface area contributed by atoms with Crippen LogP contribution in [0.2, 0.25) is 0 Å². The molecule has 0 spiro atoms. The first kappa shape index (κ1) is 20.7. The van der Waals surface area contributed by atoms with Crippen molar-refractivity contribution in [3.8, 4) is 5.69 Å². The molecule has 2 aromatic carbocycles. The maximum absolute atomic E-state index is 12.9. The SMILES string of the molecule is Cc1c(C(=O)NCC(c2ccccc2)N2CCCC2)nnn1-c1cccc([N+](=O)[O-])c1. The van der Waals surface area contributed by atoms with Crippen molar-refractivity contribution in [2.45, 2.75) is 25.8 Å². The van der Waals surface area contributed by atoms with Crippen LogP contribution >= 0.6 is 0 Å². The van der Waals surface area contributed by atoms with Crippen LogP contribution in [0.1, 0.15) is 40.6 Å². The van der Waals surface area contributed by atoms with Crippen molar-refractivity contribution in [3.63, 3.8) is 0 Å². The zero-order chi connectivity index (χ0) is 21.8. The number of nitro groups is 1. The molecule has 1 atom stereocenters. The van der Waals surface area contributed by atoms with Crippen LogP contribution in [-0.2, 0) is 0 Å². The molecule has 1 saturated heterocycles. The van der Waals surface area contributed by atoms with Gasteiger partial charge in [-0.05, 0) is 44.5 Å². The molecule has 160 valence electrons. The topological polar surface area (TPSA) is 106 Å². The number of carbonyl (C=O) groups is 1. The molecule has 0 radical (unpaired) electrons. The van der Waals surface area contributed by atoms with E-state index in [9.17, 15) is 14.9 Å². The fourth-order valence-electron chi connectivity index (χ4n) is 3.98. The van der Waals surface area contributed by atoms with E-state index in [-0.39, 0.29) is 23.3 Å². The second-order valence-corrected chi connectivity index (χ2v) is 7.59. The van der Waals surface area contributed by atoms with E-state index >= 15 is 0 Å². The van der Waals surface area contributed by atoms with Gasteiger partial charge < -0.3 is 5.32 Å². The van der Waals surface area contributed by atoms with E-state index in [1.165, 1.54) is 22.4 Å². The van der Waals surface area contributed by atoms with Crippen molar-refractivity contribution in [1.82, 2.24) is 25.2 Å². The molecule has 4 rings (SSSR count). The Bertz CT molecular complexity index is 1080. The van der Waals surface area contributed by atoms with Gasteiger partial charge in [0.1, 0.15) is 0 Å². The average molecular weight is 420 g/mol. The van der Waals surface area contributed by atoms with E-state index < -0.39 is 4.92 Å². The number of hydrogen-bond acceptors (Lipinski definition) is 6. The number of nitrogens with one attached hydrogen (secondary N) is 1. The van der Waals surface area contributed by atoms with Gasteiger partial charge in [-0.1, -0.05) is 41.6 Å². The summed E-state index contributed by atoms with van der Waals surface area (Å²) in [6.45, 7) is 4.21. The van der Waals surface area contributed by atoms with E-state index in [0.29, 0.717) is 17.9 Å². The van der Waals surface area contributed by atoms with Gasteiger partial charge >= 0.3 is 0 Å². The molecule has 1 aromatic heterocycles. The second-order valence-electron chi connectivity index (χ2n) is 7.59. The second kappa shape index (κ2) is 9.05. The number of likely N-dealkylation sites (tertiary alicyclic amines) is 1. The van der Waals surface area contributed by atoms with Crippen LogP contribution in [0.5, 0.6) is 0 Å². The summed E-state index contributed by atoms with van der Waals surface area (Å²) in [6.07, 6.45) is 2.32. The molecule has 2 heterocycles. The van der Waals surface area contributed by atoms with Crippen molar-refractivity contribution in [3.05, 3.63) is 81.7 Å². The molecule has 9 heteroatoms. The Morgan fingerprint density at radius 3 is 2.61 bits per heavy atom. The largest absolute Gasteiger partial charge is 0.349 e. The van der Waals surface area contributed by atoms with E-state index in [4.69, 9.17) is 0 Å². The molecular weight excluding hydrogens is 396 g/mol. The van der Waals surface area contributed by atoms with Gasteiger partial charge in [-0.2, -0.15) is 0 Å². The fraction of sp³-hybridized carbons (Fsp3) is 0.318. The number of aromatic nitrogens is 3. The number of benzene rings is 2. The summed E-state index contributed by atoms with van der Waals surface area (Å²) in [5.74, 6) is -0.311. The highest BCUT2D eigenvalue weighted by atomic mass is 16.6. The van der Waals surface area contributed by atoms with Crippen LogP contribution in [0.15, 0.2) is 54.6 Å². The lowest BCUT2D eigenvalue weighted by atomic mass is 10.1. The molecule has 9 nitrogen and oxygen atoms in total. The number of nitrogens with zero attached hydrogens (tertiary/aromatic N) is 5. The van der Waals surface area contributed by atoms with Crippen LogP contribution in [0.25, 0.3) is 5.69 Å². The highest BCUT2D eigenvalue weighted by molar-refractivity contribution is 5.93. The van der Waals surface area contributed by atoms with Gasteiger partial charge in [0.05, 0.1) is 22.3 Å². The number of rotatable bonds is 7. The third-order valence-corrected chi connectivity index (χ3v) is 5.62. The first-order valence-corrected chi connectivity index (χ1v) is 10.3. The summed E-state index contributed by atoms with van der Waals surface area (Å²) in [6, 6.07) is 16.3. The maximum Gasteiger partial charge on any atom is 0.273 e. The zero-order valence-corrected chi connectivity index (χ0v) is 17.3. The molecule has 1 amide bonds. The maximum atomic E-state index is 12.9. The van der Waals surface area contributed by atoms with Crippen LogP contribution in [-0.4, -0.2) is 50.4 Å². The van der Waals surface area contributed by atoms with E-state index in [0.717, 1.165) is 25.9 Å². The molecule has 1 unspecified atom stereocenters. The van der Waals surface area contributed by atoms with Crippen LogP contribution in [0.4, 0.5) is 5.69 Å². The number of amides is 1. The summed E-state index contributed by atoms with van der Waals surface area (Å²) in [4.78, 5) is 25.9. The van der Waals surface area contributed by atoms with Crippen LogP contribution in [0.3, 0.4) is 0 Å². The number of hydrogen-bond donors (Lipinski definition) is 1. The Hall–Kier alpha value is -3.59. The number of nitro benzene ring substituents is 1. The summed E-state index contributed by atoms with van der Waals surface area (Å²) >= 11 is 0. The average Bonchev–Trinajstić information content (AvgIpc) is 3.45. The van der Waals surface area contributed by atoms with Crippen molar-refractivity contribution in [2.24, 2.45) is 0 Å². The third kappa shape index (κ3) is 4.46. The summed E-state index contributed by atoms with van der Waals surface area (Å²) < 4.78 is 1.44. The van der Waals surface area contributed by atoms with Gasteiger partial charge in [0.25, 0.3) is 11.6 Å². The predicted molar refractivity (Wildman–Crippen MR) is 115 cm³/mol. The van der Waals surface area contributed by atoms with Gasteiger partial charge in [0.15, 0.2) is 5.69 Å². The first-order valence-electron chi connectivity index (χ1n) is 10.3. The molecule has 1 fully saturated rings. The molecule has 0 bridgehead atoms. The Balaban J connectivity index is 1.51. The number of carbonyl (C=O) groups excluding carboxylic acids is 1. The van der Waals surface area contributed by atoms with Gasteiger partial charge in [0, 0.05) is 18.7 Å². The van der Waals surface area contributed by atoms with Crippen molar-refractivity contribution >= 4 is 11.6 Å². The Kier molecular flexibility index (Phi) is 6.03. The lowest BCUT2D eigenvalue weighted by Gasteiger charge is -2.28. The Labute approximate surface area is 179 Å².